The summed E-state index contributed by atoms with van der Waals surface area (Å²) < 4.78 is 1.71. The molecule has 0 aliphatic rings. The van der Waals surface area contributed by atoms with Crippen LogP contribution in [0, 0.1) is 6.92 Å². The van der Waals surface area contributed by atoms with Gasteiger partial charge in [-0.3, -0.25) is 9.59 Å². The number of hydrogen-bond donors (Lipinski definition) is 2. The molecule has 2 N–H and O–H groups in total. The fourth-order valence-electron chi connectivity index (χ4n) is 2.21. The predicted octanol–water partition coefficient (Wildman–Crippen LogP) is 1.05. The molecule has 0 saturated heterocycles. The van der Waals surface area contributed by atoms with E-state index in [1.807, 2.05) is 26.1 Å². The molecule has 23 heavy (non-hydrogen) atoms. The van der Waals surface area contributed by atoms with Gasteiger partial charge in [0.05, 0.1) is 0 Å². The summed E-state index contributed by atoms with van der Waals surface area (Å²) in [5.41, 5.74) is 1.48. The van der Waals surface area contributed by atoms with E-state index >= 15 is 0 Å². The molecule has 0 fully saturated rings. The first-order chi connectivity index (χ1) is 11.0. The second-order valence-corrected chi connectivity index (χ2v) is 5.22. The molecule has 0 saturated carbocycles. The summed E-state index contributed by atoms with van der Waals surface area (Å²) in [6, 6.07) is 7.21. The van der Waals surface area contributed by atoms with Crippen LogP contribution in [0.5, 0.6) is 0 Å². The number of amides is 2. The first-order valence-electron chi connectivity index (χ1n) is 7.48. The topological polar surface area (TPSA) is 88.9 Å². The number of aryl methyl sites for hydroxylation is 2. The zero-order valence-corrected chi connectivity index (χ0v) is 13.6. The van der Waals surface area contributed by atoms with Gasteiger partial charge in [-0.25, -0.2) is 9.67 Å². The molecule has 0 unspecified atom stereocenters. The highest BCUT2D eigenvalue weighted by atomic mass is 16.2. The van der Waals surface area contributed by atoms with Crippen LogP contribution in [-0.2, 0) is 11.8 Å². The van der Waals surface area contributed by atoms with E-state index in [0.29, 0.717) is 30.8 Å². The largest absolute Gasteiger partial charge is 0.359 e. The highest BCUT2D eigenvalue weighted by Crippen LogP contribution is 2.17. The van der Waals surface area contributed by atoms with E-state index in [4.69, 9.17) is 0 Å². The van der Waals surface area contributed by atoms with Gasteiger partial charge in [-0.15, -0.1) is 0 Å². The number of carbonyl (C=O) groups is 2. The Bertz CT molecular complexity index is 691. The van der Waals surface area contributed by atoms with Gasteiger partial charge in [0.25, 0.3) is 5.91 Å². The van der Waals surface area contributed by atoms with Crippen molar-refractivity contribution in [2.45, 2.75) is 19.8 Å². The first-order valence-corrected chi connectivity index (χ1v) is 7.48. The molecule has 1 aromatic carbocycles. The van der Waals surface area contributed by atoms with E-state index in [9.17, 15) is 9.59 Å². The summed E-state index contributed by atoms with van der Waals surface area (Å²) in [6.07, 6.45) is 1.02. The second-order valence-electron chi connectivity index (χ2n) is 5.22. The van der Waals surface area contributed by atoms with E-state index in [-0.39, 0.29) is 11.8 Å². The Hall–Kier alpha value is -2.70. The van der Waals surface area contributed by atoms with Crippen LogP contribution in [0.3, 0.4) is 0 Å². The molecule has 0 radical (unpaired) electrons. The highest BCUT2D eigenvalue weighted by Gasteiger charge is 2.09. The fraction of sp³-hybridized carbons (Fsp3) is 0.375. The molecule has 1 heterocycles. The normalized spacial score (nSPS) is 10.4. The van der Waals surface area contributed by atoms with E-state index in [0.717, 1.165) is 11.4 Å². The van der Waals surface area contributed by atoms with E-state index in [1.54, 1.807) is 23.9 Å². The lowest BCUT2D eigenvalue weighted by Gasteiger charge is -2.06. The van der Waals surface area contributed by atoms with Crippen LogP contribution in [0.15, 0.2) is 24.3 Å². The minimum atomic E-state index is -0.150. The van der Waals surface area contributed by atoms with E-state index in [1.165, 1.54) is 0 Å². The van der Waals surface area contributed by atoms with Crippen LogP contribution >= 0.6 is 0 Å². The van der Waals surface area contributed by atoms with Crippen LogP contribution in [-0.4, -0.2) is 40.2 Å². The van der Waals surface area contributed by atoms with Gasteiger partial charge in [-0.2, -0.15) is 5.10 Å². The van der Waals surface area contributed by atoms with Gasteiger partial charge in [0.15, 0.2) is 5.82 Å². The van der Waals surface area contributed by atoms with Crippen molar-refractivity contribution in [2.75, 3.05) is 13.6 Å². The molecule has 122 valence electrons. The lowest BCUT2D eigenvalue weighted by molar-refractivity contribution is -0.120. The summed E-state index contributed by atoms with van der Waals surface area (Å²) in [6.45, 7) is 2.31. The van der Waals surface area contributed by atoms with Crippen molar-refractivity contribution in [2.24, 2.45) is 7.05 Å². The van der Waals surface area contributed by atoms with Crippen molar-refractivity contribution in [1.29, 1.82) is 0 Å². The maximum absolute atomic E-state index is 12.0. The number of benzene rings is 1. The third-order valence-corrected chi connectivity index (χ3v) is 3.42. The molecule has 2 rings (SSSR count). The van der Waals surface area contributed by atoms with Gasteiger partial charge < -0.3 is 10.6 Å². The monoisotopic (exact) mass is 315 g/mol. The molecule has 7 heteroatoms. The quantitative estimate of drug-likeness (QED) is 0.780. The minimum Gasteiger partial charge on any atom is -0.359 e. The molecular formula is C16H21N5O2. The Balaban J connectivity index is 1.93. The third kappa shape index (κ3) is 4.38. The molecule has 0 aliphatic carbocycles. The van der Waals surface area contributed by atoms with Crippen LogP contribution in [0.4, 0.5) is 0 Å². The number of nitrogens with one attached hydrogen (secondary N) is 2. The van der Waals surface area contributed by atoms with Crippen LogP contribution in [0.25, 0.3) is 11.4 Å². The molecule has 0 atom stereocenters. The summed E-state index contributed by atoms with van der Waals surface area (Å²) >= 11 is 0. The lowest BCUT2D eigenvalue weighted by atomic mass is 10.1. The zero-order valence-electron chi connectivity index (χ0n) is 13.6. The lowest BCUT2D eigenvalue weighted by Crippen LogP contribution is -2.26. The second kappa shape index (κ2) is 7.53. The standard InChI is InChI=1S/C16H21N5O2/c1-11-19-15(21(3)20-11)12-6-8-13(9-7-12)16(23)18-10-4-5-14(22)17-2/h6-9H,4-5,10H2,1-3H3,(H,17,22)(H,18,23). The van der Waals surface area contributed by atoms with Gasteiger partial charge in [0.2, 0.25) is 5.91 Å². The molecule has 7 nitrogen and oxygen atoms in total. The molecule has 0 bridgehead atoms. The fourth-order valence-corrected chi connectivity index (χ4v) is 2.21. The third-order valence-electron chi connectivity index (χ3n) is 3.42. The Morgan fingerprint density at radius 2 is 1.91 bits per heavy atom. The van der Waals surface area contributed by atoms with Gasteiger partial charge in [0.1, 0.15) is 5.82 Å². The average molecular weight is 315 g/mol. The Morgan fingerprint density at radius 3 is 2.48 bits per heavy atom. The molecule has 0 spiro atoms. The highest BCUT2D eigenvalue weighted by molar-refractivity contribution is 5.94. The zero-order chi connectivity index (χ0) is 16.8. The van der Waals surface area contributed by atoms with Crippen LogP contribution < -0.4 is 10.6 Å². The summed E-state index contributed by atoms with van der Waals surface area (Å²) in [7, 11) is 3.43. The average Bonchev–Trinajstić information content (AvgIpc) is 2.89. The van der Waals surface area contributed by atoms with Crippen molar-refractivity contribution in [1.82, 2.24) is 25.4 Å². The smallest absolute Gasteiger partial charge is 0.251 e. The number of carbonyl (C=O) groups excluding carboxylic acids is 2. The van der Waals surface area contributed by atoms with Crippen molar-refractivity contribution in [3.63, 3.8) is 0 Å². The van der Waals surface area contributed by atoms with Crippen LogP contribution in [0.1, 0.15) is 29.0 Å². The van der Waals surface area contributed by atoms with Crippen molar-refractivity contribution in [3.8, 4) is 11.4 Å². The predicted molar refractivity (Wildman–Crippen MR) is 86.8 cm³/mol. The van der Waals surface area contributed by atoms with Crippen molar-refractivity contribution < 1.29 is 9.59 Å². The van der Waals surface area contributed by atoms with Crippen molar-refractivity contribution in [3.05, 3.63) is 35.7 Å². The maximum Gasteiger partial charge on any atom is 0.251 e. The molecule has 2 amide bonds. The van der Waals surface area contributed by atoms with E-state index < -0.39 is 0 Å². The Kier molecular flexibility index (Phi) is 5.46. The van der Waals surface area contributed by atoms with Gasteiger partial charge >= 0.3 is 0 Å². The number of rotatable bonds is 6. The van der Waals surface area contributed by atoms with Gasteiger partial charge in [-0.05, 0) is 25.5 Å². The SMILES string of the molecule is CNC(=O)CCCNC(=O)c1ccc(-c2nc(C)nn2C)cc1. The maximum atomic E-state index is 12.0. The summed E-state index contributed by atoms with van der Waals surface area (Å²) in [5, 5.41) is 9.56. The first kappa shape index (κ1) is 16.7. The number of aromatic nitrogens is 3. The Morgan fingerprint density at radius 1 is 1.22 bits per heavy atom. The minimum absolute atomic E-state index is 0.0254. The molecule has 1 aromatic heterocycles. The number of hydrogen-bond acceptors (Lipinski definition) is 4. The summed E-state index contributed by atoms with van der Waals surface area (Å²) in [4.78, 5) is 27.5. The van der Waals surface area contributed by atoms with Gasteiger partial charge in [-0.1, -0.05) is 12.1 Å². The van der Waals surface area contributed by atoms with Gasteiger partial charge in [0, 0.05) is 38.2 Å². The van der Waals surface area contributed by atoms with Crippen LogP contribution in [0.2, 0.25) is 0 Å². The molecular weight excluding hydrogens is 294 g/mol. The molecule has 2 aromatic rings. The Labute approximate surface area is 135 Å². The summed E-state index contributed by atoms with van der Waals surface area (Å²) in [5.74, 6) is 1.30. The van der Waals surface area contributed by atoms with E-state index in [2.05, 4.69) is 20.7 Å². The van der Waals surface area contributed by atoms with Crippen molar-refractivity contribution >= 4 is 11.8 Å². The molecule has 0 aliphatic heterocycles. The number of nitrogens with zero attached hydrogens (tertiary/aromatic N) is 3.